The third-order valence-corrected chi connectivity index (χ3v) is 4.03. The highest BCUT2D eigenvalue weighted by atomic mass is 32.2. The minimum Gasteiger partial charge on any atom is -0.384 e. The van der Waals surface area contributed by atoms with Crippen LogP contribution >= 0.6 is 0 Å². The van der Waals surface area contributed by atoms with Crippen molar-refractivity contribution in [3.63, 3.8) is 0 Å². The van der Waals surface area contributed by atoms with Crippen molar-refractivity contribution in [1.82, 2.24) is 9.71 Å². The predicted octanol–water partition coefficient (Wildman–Crippen LogP) is 1.52. The molecule has 0 fully saturated rings. The zero-order chi connectivity index (χ0) is 12.9. The van der Waals surface area contributed by atoms with Crippen molar-refractivity contribution < 1.29 is 8.42 Å². The number of sulfonamides is 1. The molecule has 1 unspecified atom stereocenters. The number of hydrogen-bond acceptors (Lipinski definition) is 4. The van der Waals surface area contributed by atoms with Gasteiger partial charge in [0.2, 0.25) is 10.0 Å². The van der Waals surface area contributed by atoms with Crippen molar-refractivity contribution in [1.29, 1.82) is 0 Å². The van der Waals surface area contributed by atoms with Crippen LogP contribution in [0, 0.1) is 0 Å². The first-order chi connectivity index (χ1) is 7.99. The second kappa shape index (κ2) is 5.97. The van der Waals surface area contributed by atoms with Crippen molar-refractivity contribution in [3.8, 4) is 0 Å². The van der Waals surface area contributed by atoms with Gasteiger partial charge in [0.1, 0.15) is 10.7 Å². The fraction of sp³-hybridized carbons (Fsp3) is 0.545. The minimum atomic E-state index is -3.48. The van der Waals surface area contributed by atoms with Gasteiger partial charge in [0.25, 0.3) is 0 Å². The second-order valence-electron chi connectivity index (χ2n) is 3.93. The van der Waals surface area contributed by atoms with Crippen LogP contribution in [0.4, 0.5) is 5.82 Å². The number of anilines is 1. The standard InChI is InChI=1S/C11H19N3O2S/c1-3-5-9(4-2)14-17(15,16)10-6-7-11(12)13-8-10/h6-9,14H,3-5H2,1-2H3,(H2,12,13). The number of nitrogen functional groups attached to an aromatic ring is 1. The van der Waals surface area contributed by atoms with E-state index in [1.165, 1.54) is 18.3 Å². The molecule has 96 valence electrons. The molecule has 0 spiro atoms. The van der Waals surface area contributed by atoms with Crippen LogP contribution in [-0.4, -0.2) is 19.4 Å². The van der Waals surface area contributed by atoms with E-state index in [-0.39, 0.29) is 10.9 Å². The molecular formula is C11H19N3O2S. The van der Waals surface area contributed by atoms with Gasteiger partial charge in [-0.3, -0.25) is 0 Å². The molecule has 0 radical (unpaired) electrons. The monoisotopic (exact) mass is 257 g/mol. The molecule has 0 bridgehead atoms. The van der Waals surface area contributed by atoms with Crippen molar-refractivity contribution in [3.05, 3.63) is 18.3 Å². The summed E-state index contributed by atoms with van der Waals surface area (Å²) in [5.41, 5.74) is 5.42. The minimum absolute atomic E-state index is 0.0254. The molecule has 0 aromatic carbocycles. The molecule has 1 heterocycles. The van der Waals surface area contributed by atoms with Gasteiger partial charge in [0, 0.05) is 12.2 Å². The molecule has 1 aromatic heterocycles. The third kappa shape index (κ3) is 3.98. The first-order valence-corrected chi connectivity index (χ1v) is 7.21. The molecule has 5 nitrogen and oxygen atoms in total. The van der Waals surface area contributed by atoms with Crippen LogP contribution in [0.15, 0.2) is 23.2 Å². The molecule has 3 N–H and O–H groups in total. The van der Waals surface area contributed by atoms with Crippen LogP contribution in [0.25, 0.3) is 0 Å². The average Bonchev–Trinajstić information content (AvgIpc) is 2.28. The first kappa shape index (κ1) is 13.9. The largest absolute Gasteiger partial charge is 0.384 e. The van der Waals surface area contributed by atoms with Crippen LogP contribution in [0.3, 0.4) is 0 Å². The number of aromatic nitrogens is 1. The summed E-state index contributed by atoms with van der Waals surface area (Å²) in [6.07, 6.45) is 3.82. The van der Waals surface area contributed by atoms with Crippen LogP contribution in [0.5, 0.6) is 0 Å². The zero-order valence-electron chi connectivity index (χ0n) is 10.2. The Morgan fingerprint density at radius 3 is 2.59 bits per heavy atom. The molecule has 1 atom stereocenters. The van der Waals surface area contributed by atoms with E-state index < -0.39 is 10.0 Å². The maximum absolute atomic E-state index is 12.0. The van der Waals surface area contributed by atoms with E-state index in [2.05, 4.69) is 9.71 Å². The lowest BCUT2D eigenvalue weighted by atomic mass is 10.1. The Bertz CT molecular complexity index is 442. The molecule has 1 rings (SSSR count). The Morgan fingerprint density at radius 2 is 2.12 bits per heavy atom. The predicted molar refractivity (Wildman–Crippen MR) is 68.0 cm³/mol. The molecule has 0 saturated heterocycles. The number of pyridine rings is 1. The number of nitrogens with one attached hydrogen (secondary N) is 1. The van der Waals surface area contributed by atoms with Gasteiger partial charge in [-0.1, -0.05) is 20.3 Å². The van der Waals surface area contributed by atoms with Crippen molar-refractivity contribution in [2.24, 2.45) is 0 Å². The van der Waals surface area contributed by atoms with E-state index in [0.29, 0.717) is 5.82 Å². The normalized spacial score (nSPS) is 13.5. The van der Waals surface area contributed by atoms with Gasteiger partial charge in [-0.15, -0.1) is 0 Å². The van der Waals surface area contributed by atoms with Gasteiger partial charge >= 0.3 is 0 Å². The summed E-state index contributed by atoms with van der Waals surface area (Å²) in [6.45, 7) is 3.99. The number of nitrogens with two attached hydrogens (primary N) is 1. The molecular weight excluding hydrogens is 238 g/mol. The number of rotatable bonds is 6. The van der Waals surface area contributed by atoms with Gasteiger partial charge in [0.05, 0.1) is 0 Å². The molecule has 6 heteroatoms. The fourth-order valence-corrected chi connectivity index (χ4v) is 2.83. The SMILES string of the molecule is CCCC(CC)NS(=O)(=O)c1ccc(N)nc1. The number of nitrogens with zero attached hydrogens (tertiary/aromatic N) is 1. The summed E-state index contributed by atoms with van der Waals surface area (Å²) in [5.74, 6) is 0.310. The van der Waals surface area contributed by atoms with Gasteiger partial charge in [-0.25, -0.2) is 18.1 Å². The lowest BCUT2D eigenvalue weighted by Gasteiger charge is -2.16. The van der Waals surface area contributed by atoms with Crippen LogP contribution < -0.4 is 10.5 Å². The molecule has 0 amide bonds. The van der Waals surface area contributed by atoms with Crippen molar-refractivity contribution >= 4 is 15.8 Å². The highest BCUT2D eigenvalue weighted by Gasteiger charge is 2.18. The van der Waals surface area contributed by atoms with Crippen molar-refractivity contribution in [2.75, 3.05) is 5.73 Å². The smallest absolute Gasteiger partial charge is 0.242 e. The van der Waals surface area contributed by atoms with Gasteiger partial charge in [-0.05, 0) is 25.0 Å². The topological polar surface area (TPSA) is 85.1 Å². The summed E-state index contributed by atoms with van der Waals surface area (Å²) in [5, 5.41) is 0. The molecule has 0 aliphatic rings. The lowest BCUT2D eigenvalue weighted by Crippen LogP contribution is -2.34. The van der Waals surface area contributed by atoms with Crippen LogP contribution in [0.2, 0.25) is 0 Å². The Labute approximate surface area is 102 Å². The third-order valence-electron chi connectivity index (χ3n) is 2.52. The van der Waals surface area contributed by atoms with E-state index in [0.717, 1.165) is 19.3 Å². The maximum atomic E-state index is 12.0. The zero-order valence-corrected chi connectivity index (χ0v) is 11.0. The number of hydrogen-bond donors (Lipinski definition) is 2. The fourth-order valence-electron chi connectivity index (χ4n) is 1.53. The van der Waals surface area contributed by atoms with Crippen molar-refractivity contribution in [2.45, 2.75) is 44.0 Å². The Balaban J connectivity index is 2.84. The summed E-state index contributed by atoms with van der Waals surface area (Å²) >= 11 is 0. The quantitative estimate of drug-likeness (QED) is 0.809. The van der Waals surface area contributed by atoms with Gasteiger partial charge < -0.3 is 5.73 Å². The van der Waals surface area contributed by atoms with E-state index in [1.54, 1.807) is 0 Å². The summed E-state index contributed by atoms with van der Waals surface area (Å²) < 4.78 is 26.7. The van der Waals surface area contributed by atoms with E-state index in [9.17, 15) is 8.42 Å². The van der Waals surface area contributed by atoms with E-state index >= 15 is 0 Å². The summed E-state index contributed by atoms with van der Waals surface area (Å²) in [6, 6.07) is 2.92. The molecule has 17 heavy (non-hydrogen) atoms. The first-order valence-electron chi connectivity index (χ1n) is 5.73. The maximum Gasteiger partial charge on any atom is 0.242 e. The molecule has 0 aliphatic carbocycles. The van der Waals surface area contributed by atoms with Gasteiger partial charge in [-0.2, -0.15) is 0 Å². The van der Waals surface area contributed by atoms with Gasteiger partial charge in [0.15, 0.2) is 0 Å². The van der Waals surface area contributed by atoms with Crippen LogP contribution in [0.1, 0.15) is 33.1 Å². The van der Waals surface area contributed by atoms with E-state index in [4.69, 9.17) is 5.73 Å². The lowest BCUT2D eigenvalue weighted by molar-refractivity contribution is 0.512. The Morgan fingerprint density at radius 1 is 1.41 bits per heavy atom. The molecule has 0 saturated carbocycles. The Kier molecular flexibility index (Phi) is 4.89. The highest BCUT2D eigenvalue weighted by Crippen LogP contribution is 2.11. The van der Waals surface area contributed by atoms with E-state index in [1.807, 2.05) is 13.8 Å². The summed E-state index contributed by atoms with van der Waals surface area (Å²) in [7, 11) is -3.48. The average molecular weight is 257 g/mol. The molecule has 1 aromatic rings. The summed E-state index contributed by atoms with van der Waals surface area (Å²) in [4.78, 5) is 3.94. The second-order valence-corrected chi connectivity index (χ2v) is 5.65. The molecule has 0 aliphatic heterocycles. The highest BCUT2D eigenvalue weighted by molar-refractivity contribution is 7.89. The Hall–Kier alpha value is -1.14. The van der Waals surface area contributed by atoms with Crippen LogP contribution in [-0.2, 0) is 10.0 Å².